The Bertz CT molecular complexity index is 1410. The molecule has 0 radical (unpaired) electrons. The first-order chi connectivity index (χ1) is 21.5. The summed E-state index contributed by atoms with van der Waals surface area (Å²) in [5.74, 6) is -2.68. The Morgan fingerprint density at radius 3 is 2.28 bits per heavy atom. The number of aliphatic hydroxyl groups excluding tert-OH is 1. The molecule has 1 aliphatic rings. The number of carbonyl (C=O) groups excluding carboxylic acids is 5. The molecule has 13 heteroatoms. The average molecular weight is 656 g/mol. The standard InChI is InChI=1S/C33H45N5O7S/c1-20-12-10-11-15-22(20)18-35-29(42)27-33(5,6)46-19-38(27)30(43)26(40)23(16-21-13-8-7-9-14-21)36-28(41)24(17-25(34)39)37-31(44)45-32(2,3)4/h7-15,23-24,26-27,40H,16-19H2,1-6H3,(H2,34,39)(H,35,42)(H,36,41)(H,37,44)/t23-,24-,26-,27+/m0/s1. The number of nitrogens with one attached hydrogen (secondary N) is 3. The van der Waals surface area contributed by atoms with Gasteiger partial charge in [-0.2, -0.15) is 0 Å². The molecule has 4 atom stereocenters. The molecular weight excluding hydrogens is 610 g/mol. The summed E-state index contributed by atoms with van der Waals surface area (Å²) < 4.78 is 4.56. The van der Waals surface area contributed by atoms with Gasteiger partial charge >= 0.3 is 6.09 Å². The van der Waals surface area contributed by atoms with Gasteiger partial charge in [-0.25, -0.2) is 4.79 Å². The summed E-state index contributed by atoms with van der Waals surface area (Å²) in [6.45, 7) is 10.9. The number of amides is 5. The lowest BCUT2D eigenvalue weighted by Crippen LogP contribution is -2.60. The predicted octanol–water partition coefficient (Wildman–Crippen LogP) is 2.15. The molecule has 1 heterocycles. The number of nitrogens with two attached hydrogens (primary N) is 1. The topological polar surface area (TPSA) is 180 Å². The molecule has 0 bridgehead atoms. The van der Waals surface area contributed by atoms with E-state index in [1.807, 2.05) is 45.0 Å². The van der Waals surface area contributed by atoms with Crippen molar-refractivity contribution < 1.29 is 33.8 Å². The first kappa shape index (κ1) is 36.4. The van der Waals surface area contributed by atoms with Crippen molar-refractivity contribution >= 4 is 41.5 Å². The number of benzene rings is 2. The summed E-state index contributed by atoms with van der Waals surface area (Å²) in [6, 6.07) is 13.0. The second kappa shape index (κ2) is 15.5. The van der Waals surface area contributed by atoms with Crippen LogP contribution in [0.3, 0.4) is 0 Å². The zero-order chi connectivity index (χ0) is 34.2. The third-order valence-electron chi connectivity index (χ3n) is 7.46. The second-order valence-electron chi connectivity index (χ2n) is 12.9. The summed E-state index contributed by atoms with van der Waals surface area (Å²) >= 11 is 1.40. The molecule has 46 heavy (non-hydrogen) atoms. The van der Waals surface area contributed by atoms with E-state index in [0.29, 0.717) is 5.56 Å². The quantitative estimate of drug-likeness (QED) is 0.231. The molecule has 250 valence electrons. The van der Waals surface area contributed by atoms with Gasteiger partial charge in [0.15, 0.2) is 6.10 Å². The second-order valence-corrected chi connectivity index (χ2v) is 14.4. The van der Waals surface area contributed by atoms with Crippen LogP contribution in [0.15, 0.2) is 54.6 Å². The van der Waals surface area contributed by atoms with Gasteiger partial charge in [0.1, 0.15) is 17.7 Å². The molecule has 3 rings (SSSR count). The van der Waals surface area contributed by atoms with E-state index in [4.69, 9.17) is 10.5 Å². The van der Waals surface area contributed by atoms with Crippen molar-refractivity contribution in [3.63, 3.8) is 0 Å². The van der Waals surface area contributed by atoms with Crippen LogP contribution < -0.4 is 21.7 Å². The minimum absolute atomic E-state index is 0.0315. The van der Waals surface area contributed by atoms with Gasteiger partial charge in [0.05, 0.1) is 18.3 Å². The molecule has 2 aromatic rings. The van der Waals surface area contributed by atoms with E-state index in [1.165, 1.54) is 16.7 Å². The maximum Gasteiger partial charge on any atom is 0.408 e. The zero-order valence-electron chi connectivity index (χ0n) is 27.2. The molecule has 1 saturated heterocycles. The maximum atomic E-state index is 13.9. The highest BCUT2D eigenvalue weighted by Crippen LogP contribution is 2.40. The lowest BCUT2D eigenvalue weighted by molar-refractivity contribution is -0.148. The van der Waals surface area contributed by atoms with Crippen LogP contribution in [0, 0.1) is 6.92 Å². The van der Waals surface area contributed by atoms with Crippen LogP contribution in [-0.4, -0.2) is 80.2 Å². The third-order valence-corrected chi connectivity index (χ3v) is 8.84. The number of hydrogen-bond donors (Lipinski definition) is 5. The molecule has 12 nitrogen and oxygen atoms in total. The van der Waals surface area contributed by atoms with Crippen molar-refractivity contribution in [2.24, 2.45) is 5.73 Å². The van der Waals surface area contributed by atoms with Crippen LogP contribution in [-0.2, 0) is 36.9 Å². The van der Waals surface area contributed by atoms with Gasteiger partial charge in [-0.1, -0.05) is 54.6 Å². The molecule has 1 fully saturated rings. The molecule has 0 spiro atoms. The lowest BCUT2D eigenvalue weighted by atomic mass is 9.96. The first-order valence-electron chi connectivity index (χ1n) is 15.1. The summed E-state index contributed by atoms with van der Waals surface area (Å²) in [5.41, 5.74) is 7.14. The van der Waals surface area contributed by atoms with Gasteiger partial charge in [0.25, 0.3) is 5.91 Å². The molecule has 2 aromatic carbocycles. The molecule has 0 aliphatic carbocycles. The Hall–Kier alpha value is -4.10. The highest BCUT2D eigenvalue weighted by Gasteiger charge is 2.50. The maximum absolute atomic E-state index is 13.9. The largest absolute Gasteiger partial charge is 0.444 e. The molecule has 0 saturated carbocycles. The Morgan fingerprint density at radius 1 is 1.04 bits per heavy atom. The molecule has 6 N–H and O–H groups in total. The number of rotatable bonds is 12. The smallest absolute Gasteiger partial charge is 0.408 e. The lowest BCUT2D eigenvalue weighted by Gasteiger charge is -2.33. The van der Waals surface area contributed by atoms with Crippen LogP contribution >= 0.6 is 11.8 Å². The molecule has 0 aromatic heterocycles. The van der Waals surface area contributed by atoms with Gasteiger partial charge in [-0.3, -0.25) is 19.2 Å². The van der Waals surface area contributed by atoms with Gasteiger partial charge in [0, 0.05) is 11.3 Å². The fourth-order valence-corrected chi connectivity index (χ4v) is 6.24. The van der Waals surface area contributed by atoms with E-state index < -0.39 is 64.8 Å². The van der Waals surface area contributed by atoms with Crippen LogP contribution in [0.1, 0.15) is 57.7 Å². The van der Waals surface area contributed by atoms with Crippen LogP contribution in [0.25, 0.3) is 0 Å². The van der Waals surface area contributed by atoms with Gasteiger partial charge in [-0.15, -0.1) is 11.8 Å². The van der Waals surface area contributed by atoms with Crippen molar-refractivity contribution in [3.05, 3.63) is 71.3 Å². The number of alkyl carbamates (subject to hydrolysis) is 1. The van der Waals surface area contributed by atoms with E-state index in [0.717, 1.165) is 11.1 Å². The van der Waals surface area contributed by atoms with Crippen LogP contribution in [0.5, 0.6) is 0 Å². The van der Waals surface area contributed by atoms with E-state index in [-0.39, 0.29) is 24.7 Å². The minimum Gasteiger partial charge on any atom is -0.444 e. The number of aryl methyl sites for hydroxylation is 1. The summed E-state index contributed by atoms with van der Waals surface area (Å²) in [6.07, 6.45) is -3.24. The Balaban J connectivity index is 1.84. The minimum atomic E-state index is -1.78. The molecule has 5 amide bonds. The van der Waals surface area contributed by atoms with Gasteiger partial charge < -0.3 is 36.4 Å². The van der Waals surface area contributed by atoms with Gasteiger partial charge in [0.2, 0.25) is 17.7 Å². The van der Waals surface area contributed by atoms with E-state index in [2.05, 4.69) is 16.0 Å². The summed E-state index contributed by atoms with van der Waals surface area (Å²) in [4.78, 5) is 66.5. The molecule has 0 unspecified atom stereocenters. The number of hydrogen-bond acceptors (Lipinski definition) is 8. The highest BCUT2D eigenvalue weighted by atomic mass is 32.2. The Labute approximate surface area is 274 Å². The fraction of sp³-hybridized carbons (Fsp3) is 0.485. The van der Waals surface area contributed by atoms with Crippen molar-refractivity contribution in [2.75, 3.05) is 5.88 Å². The number of thioether (sulfide) groups is 1. The number of nitrogens with zero attached hydrogens (tertiary/aromatic N) is 1. The number of carbonyl (C=O) groups is 5. The van der Waals surface area contributed by atoms with E-state index in [1.54, 1.807) is 51.1 Å². The zero-order valence-corrected chi connectivity index (χ0v) is 28.0. The molecule has 1 aliphatic heterocycles. The van der Waals surface area contributed by atoms with Gasteiger partial charge in [-0.05, 0) is 64.7 Å². The number of primary amides is 1. The fourth-order valence-electron chi connectivity index (χ4n) is 5.10. The van der Waals surface area contributed by atoms with Crippen molar-refractivity contribution in [2.45, 2.75) is 95.5 Å². The van der Waals surface area contributed by atoms with Crippen molar-refractivity contribution in [1.29, 1.82) is 0 Å². The highest BCUT2D eigenvalue weighted by molar-refractivity contribution is 8.00. The van der Waals surface area contributed by atoms with Crippen LogP contribution in [0.4, 0.5) is 4.79 Å². The SMILES string of the molecule is Cc1ccccc1CNC(=O)[C@H]1N(C(=O)[C@@H](O)[C@H](Cc2ccccc2)NC(=O)[C@H](CC(N)=O)NC(=O)OC(C)(C)C)CSC1(C)C. The van der Waals surface area contributed by atoms with E-state index in [9.17, 15) is 29.1 Å². The van der Waals surface area contributed by atoms with Crippen LogP contribution in [0.2, 0.25) is 0 Å². The summed E-state index contributed by atoms with van der Waals surface area (Å²) in [7, 11) is 0. The Morgan fingerprint density at radius 2 is 1.67 bits per heavy atom. The number of aliphatic hydroxyl groups is 1. The predicted molar refractivity (Wildman–Crippen MR) is 175 cm³/mol. The number of ether oxygens (including phenoxy) is 1. The molecular formula is C33H45N5O7S. The normalized spacial score (nSPS) is 17.7. The average Bonchev–Trinajstić information content (AvgIpc) is 3.29. The first-order valence-corrected chi connectivity index (χ1v) is 16.0. The van der Waals surface area contributed by atoms with Crippen molar-refractivity contribution in [1.82, 2.24) is 20.9 Å². The Kier molecular flexibility index (Phi) is 12.2. The van der Waals surface area contributed by atoms with Crippen molar-refractivity contribution in [3.8, 4) is 0 Å². The monoisotopic (exact) mass is 655 g/mol. The van der Waals surface area contributed by atoms with E-state index >= 15 is 0 Å². The summed E-state index contributed by atoms with van der Waals surface area (Å²) in [5, 5.41) is 19.4. The third kappa shape index (κ3) is 10.2.